The predicted octanol–water partition coefficient (Wildman–Crippen LogP) is 2.81. The van der Waals surface area contributed by atoms with Gasteiger partial charge in [0.25, 0.3) is 5.91 Å². The van der Waals surface area contributed by atoms with Crippen molar-refractivity contribution < 1.29 is 13.9 Å². The van der Waals surface area contributed by atoms with Crippen LogP contribution in [0.5, 0.6) is 0 Å². The van der Waals surface area contributed by atoms with Gasteiger partial charge in [0, 0.05) is 43.9 Å². The van der Waals surface area contributed by atoms with E-state index in [9.17, 15) is 9.18 Å². The molecule has 126 valence electrons. The molecule has 2 heterocycles. The van der Waals surface area contributed by atoms with E-state index in [-0.39, 0.29) is 17.0 Å². The third-order valence-corrected chi connectivity index (χ3v) is 5.32. The molecule has 0 saturated carbocycles. The van der Waals surface area contributed by atoms with Crippen LogP contribution in [0.2, 0.25) is 5.02 Å². The lowest BCUT2D eigenvalue weighted by atomic mass is 9.77. The molecule has 1 aromatic carbocycles. The Balaban J connectivity index is 1.73. The molecule has 2 fully saturated rings. The topological polar surface area (TPSA) is 32.8 Å². The van der Waals surface area contributed by atoms with Gasteiger partial charge < -0.3 is 9.64 Å². The molecular formula is C17H22ClFN2O2. The van der Waals surface area contributed by atoms with Gasteiger partial charge in [-0.2, -0.15) is 0 Å². The van der Waals surface area contributed by atoms with Crippen molar-refractivity contribution in [1.82, 2.24) is 9.80 Å². The molecule has 6 heteroatoms. The normalized spacial score (nSPS) is 24.7. The average Bonchev–Trinajstić information content (AvgIpc) is 2.56. The van der Waals surface area contributed by atoms with Crippen molar-refractivity contribution in [1.29, 1.82) is 0 Å². The lowest BCUT2D eigenvalue weighted by Gasteiger charge is -2.57. The lowest BCUT2D eigenvalue weighted by Crippen LogP contribution is -2.67. The molecule has 2 aliphatic rings. The number of hydrogen-bond donors (Lipinski definition) is 0. The van der Waals surface area contributed by atoms with Gasteiger partial charge in [-0.1, -0.05) is 11.6 Å². The second-order valence-corrected chi connectivity index (χ2v) is 6.85. The van der Waals surface area contributed by atoms with Crippen molar-refractivity contribution in [3.8, 4) is 0 Å². The number of benzene rings is 1. The summed E-state index contributed by atoms with van der Waals surface area (Å²) in [5.41, 5.74) is 0.110. The molecule has 3 rings (SSSR count). The van der Waals surface area contributed by atoms with E-state index in [1.807, 2.05) is 0 Å². The van der Waals surface area contributed by atoms with Gasteiger partial charge in [-0.05, 0) is 37.5 Å². The van der Waals surface area contributed by atoms with E-state index in [0.29, 0.717) is 24.7 Å². The zero-order chi connectivity index (χ0) is 16.4. The van der Waals surface area contributed by atoms with Gasteiger partial charge in [0.05, 0.1) is 12.2 Å². The summed E-state index contributed by atoms with van der Waals surface area (Å²) in [6, 6.07) is 4.14. The SMILES string of the molecule is COCCN1CC[C@@]12CCCN(C(=O)c1cc(Cl)ccc1F)C2. The molecule has 0 radical (unpaired) electrons. The molecule has 2 saturated heterocycles. The predicted molar refractivity (Wildman–Crippen MR) is 87.3 cm³/mol. The smallest absolute Gasteiger partial charge is 0.256 e. The van der Waals surface area contributed by atoms with Crippen LogP contribution in [-0.4, -0.2) is 61.1 Å². The first-order valence-electron chi connectivity index (χ1n) is 8.04. The minimum Gasteiger partial charge on any atom is -0.383 e. The highest BCUT2D eigenvalue weighted by Gasteiger charge is 2.47. The maximum absolute atomic E-state index is 14.0. The average molecular weight is 341 g/mol. The standard InChI is InChI=1S/C17H22ClFN2O2/c1-23-10-9-21-8-6-17(21)5-2-7-20(12-17)16(22)14-11-13(18)3-4-15(14)19/h3-4,11H,2,5-10,12H2,1H3/t17-/m1/s1. The number of nitrogens with zero attached hydrogens (tertiary/aromatic N) is 2. The molecule has 0 aromatic heterocycles. The van der Waals surface area contributed by atoms with Crippen LogP contribution in [0.4, 0.5) is 4.39 Å². The van der Waals surface area contributed by atoms with Gasteiger partial charge in [0.1, 0.15) is 5.82 Å². The second-order valence-electron chi connectivity index (χ2n) is 6.41. The van der Waals surface area contributed by atoms with Crippen LogP contribution in [0.15, 0.2) is 18.2 Å². The van der Waals surface area contributed by atoms with Crippen LogP contribution in [0, 0.1) is 5.82 Å². The Labute approximate surface area is 141 Å². The zero-order valence-electron chi connectivity index (χ0n) is 13.4. The number of piperidine rings is 1. The lowest BCUT2D eigenvalue weighted by molar-refractivity contribution is -0.0679. The molecule has 23 heavy (non-hydrogen) atoms. The van der Waals surface area contributed by atoms with E-state index in [0.717, 1.165) is 32.4 Å². The van der Waals surface area contributed by atoms with E-state index in [1.54, 1.807) is 12.0 Å². The molecular weight excluding hydrogens is 319 g/mol. The second kappa shape index (κ2) is 6.75. The summed E-state index contributed by atoms with van der Waals surface area (Å²) in [5.74, 6) is -0.772. The van der Waals surface area contributed by atoms with Crippen LogP contribution in [0.1, 0.15) is 29.6 Å². The number of methoxy groups -OCH3 is 1. The van der Waals surface area contributed by atoms with Crippen LogP contribution < -0.4 is 0 Å². The maximum atomic E-state index is 14.0. The van der Waals surface area contributed by atoms with Crippen LogP contribution in [0.3, 0.4) is 0 Å². The largest absolute Gasteiger partial charge is 0.383 e. The number of likely N-dealkylation sites (tertiary alicyclic amines) is 2. The Kier molecular flexibility index (Phi) is 4.90. The van der Waals surface area contributed by atoms with Crippen molar-refractivity contribution in [2.75, 3.05) is 39.9 Å². The van der Waals surface area contributed by atoms with Gasteiger partial charge in [0.2, 0.25) is 0 Å². The molecule has 1 atom stereocenters. The summed E-state index contributed by atoms with van der Waals surface area (Å²) < 4.78 is 19.1. The molecule has 0 aliphatic carbocycles. The Bertz CT molecular complexity index is 598. The van der Waals surface area contributed by atoms with Gasteiger partial charge in [-0.25, -0.2) is 4.39 Å². The van der Waals surface area contributed by atoms with E-state index >= 15 is 0 Å². The Morgan fingerprint density at radius 2 is 2.22 bits per heavy atom. The summed E-state index contributed by atoms with van der Waals surface area (Å²) in [6.07, 6.45) is 3.11. The Morgan fingerprint density at radius 1 is 1.39 bits per heavy atom. The molecule has 1 amide bonds. The first-order valence-corrected chi connectivity index (χ1v) is 8.42. The van der Waals surface area contributed by atoms with E-state index in [4.69, 9.17) is 16.3 Å². The number of halogens is 2. The Morgan fingerprint density at radius 3 is 2.91 bits per heavy atom. The first kappa shape index (κ1) is 16.7. The van der Waals surface area contributed by atoms with E-state index < -0.39 is 5.82 Å². The quantitative estimate of drug-likeness (QED) is 0.845. The molecule has 0 N–H and O–H groups in total. The minimum atomic E-state index is -0.510. The number of carbonyl (C=O) groups is 1. The van der Waals surface area contributed by atoms with Crippen molar-refractivity contribution >= 4 is 17.5 Å². The van der Waals surface area contributed by atoms with Crippen molar-refractivity contribution in [2.24, 2.45) is 0 Å². The molecule has 0 bridgehead atoms. The number of carbonyl (C=O) groups excluding carboxylic acids is 1. The highest BCUT2D eigenvalue weighted by Crippen LogP contribution is 2.38. The summed E-state index contributed by atoms with van der Waals surface area (Å²) in [7, 11) is 1.70. The van der Waals surface area contributed by atoms with Crippen molar-refractivity contribution in [3.05, 3.63) is 34.6 Å². The number of rotatable bonds is 4. The highest BCUT2D eigenvalue weighted by atomic mass is 35.5. The van der Waals surface area contributed by atoms with Crippen molar-refractivity contribution in [3.63, 3.8) is 0 Å². The van der Waals surface area contributed by atoms with Gasteiger partial charge in [-0.15, -0.1) is 0 Å². The Hall–Kier alpha value is -1.17. The summed E-state index contributed by atoms with van der Waals surface area (Å²) in [6.45, 7) is 3.94. The number of hydrogen-bond acceptors (Lipinski definition) is 3. The highest BCUT2D eigenvalue weighted by molar-refractivity contribution is 6.31. The fraction of sp³-hybridized carbons (Fsp3) is 0.588. The van der Waals surface area contributed by atoms with Gasteiger partial charge in [-0.3, -0.25) is 9.69 Å². The third kappa shape index (κ3) is 3.23. The molecule has 0 unspecified atom stereocenters. The summed E-state index contributed by atoms with van der Waals surface area (Å²) >= 11 is 5.92. The van der Waals surface area contributed by atoms with E-state index in [1.165, 1.54) is 18.2 Å². The summed E-state index contributed by atoms with van der Waals surface area (Å²) in [5, 5.41) is 0.381. The van der Waals surface area contributed by atoms with Gasteiger partial charge >= 0.3 is 0 Å². The molecule has 1 aromatic rings. The van der Waals surface area contributed by atoms with Crippen LogP contribution in [0.25, 0.3) is 0 Å². The minimum absolute atomic E-state index is 0.0431. The van der Waals surface area contributed by atoms with Crippen LogP contribution in [-0.2, 0) is 4.74 Å². The molecule has 2 aliphatic heterocycles. The number of amides is 1. The monoisotopic (exact) mass is 340 g/mol. The molecule has 4 nitrogen and oxygen atoms in total. The molecule has 1 spiro atoms. The fourth-order valence-corrected chi connectivity index (χ4v) is 3.89. The third-order valence-electron chi connectivity index (χ3n) is 5.08. The van der Waals surface area contributed by atoms with Crippen LogP contribution >= 0.6 is 11.6 Å². The van der Waals surface area contributed by atoms with E-state index in [2.05, 4.69) is 4.90 Å². The van der Waals surface area contributed by atoms with Crippen molar-refractivity contribution in [2.45, 2.75) is 24.8 Å². The van der Waals surface area contributed by atoms with Gasteiger partial charge in [0.15, 0.2) is 0 Å². The fourth-order valence-electron chi connectivity index (χ4n) is 3.72. The zero-order valence-corrected chi connectivity index (χ0v) is 14.1. The summed E-state index contributed by atoms with van der Waals surface area (Å²) in [4.78, 5) is 16.9. The first-order chi connectivity index (χ1) is 11.1. The maximum Gasteiger partial charge on any atom is 0.256 e. The number of ether oxygens (including phenoxy) is 1.